The maximum atomic E-state index is 12.0. The van der Waals surface area contributed by atoms with Crippen molar-refractivity contribution in [3.63, 3.8) is 0 Å². The third kappa shape index (κ3) is 4.84. The molecule has 6 heteroatoms. The number of hydrogen-bond donors (Lipinski definition) is 1. The average Bonchev–Trinajstić information content (AvgIpc) is 2.70. The van der Waals surface area contributed by atoms with Gasteiger partial charge in [0.15, 0.2) is 0 Å². The number of thiophene rings is 1. The Kier molecular flexibility index (Phi) is 7.79. The van der Waals surface area contributed by atoms with E-state index in [1.54, 1.807) is 4.90 Å². The van der Waals surface area contributed by atoms with Crippen molar-refractivity contribution in [3.8, 4) is 0 Å². The van der Waals surface area contributed by atoms with E-state index in [0.717, 1.165) is 22.3 Å². The van der Waals surface area contributed by atoms with E-state index in [9.17, 15) is 4.79 Å². The molecule has 1 heterocycles. The van der Waals surface area contributed by atoms with Crippen molar-refractivity contribution in [2.24, 2.45) is 0 Å². The summed E-state index contributed by atoms with van der Waals surface area (Å²) in [5.74, 6) is 0.0214. The number of rotatable bonds is 5. The highest BCUT2D eigenvalue weighted by atomic mass is 35.5. The molecule has 1 N–H and O–H groups in total. The minimum atomic E-state index is -0.112. The fourth-order valence-electron chi connectivity index (χ4n) is 1.40. The second-order valence-electron chi connectivity index (χ2n) is 3.73. The summed E-state index contributed by atoms with van der Waals surface area (Å²) >= 11 is 7.32. The molecule has 1 aromatic heterocycles. The Hall–Kier alpha value is -0.290. The zero-order valence-electron chi connectivity index (χ0n) is 10.2. The number of carbonyl (C=O) groups is 1. The van der Waals surface area contributed by atoms with E-state index in [1.165, 1.54) is 11.3 Å². The van der Waals surface area contributed by atoms with Gasteiger partial charge in [0.2, 0.25) is 5.91 Å². The fraction of sp³-hybridized carbons (Fsp3) is 0.545. The highest BCUT2D eigenvalue weighted by molar-refractivity contribution is 7.16. The van der Waals surface area contributed by atoms with Gasteiger partial charge in [-0.25, -0.2) is 0 Å². The number of amides is 1. The third-order valence-corrected chi connectivity index (χ3v) is 3.88. The summed E-state index contributed by atoms with van der Waals surface area (Å²) in [5, 5.41) is 3.02. The van der Waals surface area contributed by atoms with E-state index >= 15 is 0 Å². The highest BCUT2D eigenvalue weighted by Gasteiger charge is 2.20. The van der Waals surface area contributed by atoms with Crippen LogP contribution in [0.3, 0.4) is 0 Å². The van der Waals surface area contributed by atoms with Crippen LogP contribution in [0.25, 0.3) is 0 Å². The zero-order valence-corrected chi connectivity index (χ0v) is 12.6. The molecule has 0 spiro atoms. The Morgan fingerprint density at radius 3 is 2.71 bits per heavy atom. The quantitative estimate of drug-likeness (QED) is 0.906. The van der Waals surface area contributed by atoms with Crippen molar-refractivity contribution in [3.05, 3.63) is 21.3 Å². The van der Waals surface area contributed by atoms with E-state index in [4.69, 9.17) is 11.6 Å². The van der Waals surface area contributed by atoms with Crippen LogP contribution in [0.1, 0.15) is 17.7 Å². The first-order chi connectivity index (χ1) is 7.56. The summed E-state index contributed by atoms with van der Waals surface area (Å²) in [4.78, 5) is 14.8. The number of hydrogen-bond acceptors (Lipinski definition) is 3. The molecule has 1 rings (SSSR count). The lowest BCUT2D eigenvalue weighted by Crippen LogP contribution is -2.35. The van der Waals surface area contributed by atoms with Gasteiger partial charge in [-0.15, -0.1) is 23.7 Å². The first-order valence-electron chi connectivity index (χ1n) is 5.21. The number of likely N-dealkylation sites (N-methyl/N-ethyl adjacent to an activating group) is 2. The predicted molar refractivity (Wildman–Crippen MR) is 76.6 cm³/mol. The van der Waals surface area contributed by atoms with Gasteiger partial charge in [-0.1, -0.05) is 11.6 Å². The molecule has 3 nitrogen and oxygen atoms in total. The van der Waals surface area contributed by atoms with Crippen molar-refractivity contribution in [1.82, 2.24) is 10.2 Å². The largest absolute Gasteiger partial charge is 0.344 e. The zero-order chi connectivity index (χ0) is 12.1. The third-order valence-electron chi connectivity index (χ3n) is 2.46. The van der Waals surface area contributed by atoms with Crippen LogP contribution in [-0.4, -0.2) is 38.0 Å². The van der Waals surface area contributed by atoms with Gasteiger partial charge in [-0.3, -0.25) is 4.79 Å². The molecule has 0 saturated heterocycles. The van der Waals surface area contributed by atoms with E-state index < -0.39 is 0 Å². The Morgan fingerprint density at radius 2 is 2.24 bits per heavy atom. The van der Waals surface area contributed by atoms with Gasteiger partial charge in [0, 0.05) is 25.0 Å². The van der Waals surface area contributed by atoms with E-state index in [-0.39, 0.29) is 24.2 Å². The highest BCUT2D eigenvalue weighted by Crippen LogP contribution is 2.28. The van der Waals surface area contributed by atoms with Gasteiger partial charge in [0.05, 0.1) is 10.3 Å². The van der Waals surface area contributed by atoms with Gasteiger partial charge >= 0.3 is 0 Å². The SMILES string of the molecule is CNCCN(C)C(=O)C(C)c1ccc(Cl)s1.Cl. The first kappa shape index (κ1) is 16.7. The van der Waals surface area contributed by atoms with Gasteiger partial charge in [0.1, 0.15) is 0 Å². The van der Waals surface area contributed by atoms with Crippen LogP contribution < -0.4 is 5.32 Å². The summed E-state index contributed by atoms with van der Waals surface area (Å²) in [7, 11) is 3.70. The first-order valence-corrected chi connectivity index (χ1v) is 6.40. The Morgan fingerprint density at radius 1 is 1.59 bits per heavy atom. The number of nitrogens with zero attached hydrogens (tertiary/aromatic N) is 1. The summed E-state index contributed by atoms with van der Waals surface area (Å²) in [5.41, 5.74) is 0. The molecule has 0 aliphatic heterocycles. The topological polar surface area (TPSA) is 32.3 Å². The molecule has 0 bridgehead atoms. The molecule has 0 fully saturated rings. The van der Waals surface area contributed by atoms with E-state index in [1.807, 2.05) is 33.2 Å². The molecular weight excluding hydrogens is 279 g/mol. The summed E-state index contributed by atoms with van der Waals surface area (Å²) in [6.07, 6.45) is 0. The number of nitrogens with one attached hydrogen (secondary N) is 1. The fourth-order valence-corrected chi connectivity index (χ4v) is 2.51. The van der Waals surface area contributed by atoms with Crippen molar-refractivity contribution in [2.45, 2.75) is 12.8 Å². The standard InChI is InChI=1S/C11H17ClN2OS.ClH/c1-8(9-4-5-10(12)16-9)11(15)14(3)7-6-13-2;/h4-5,8,13H,6-7H2,1-3H3;1H. The van der Waals surface area contributed by atoms with Crippen LogP contribution in [0.5, 0.6) is 0 Å². The van der Waals surface area contributed by atoms with Gasteiger partial charge in [-0.2, -0.15) is 0 Å². The maximum absolute atomic E-state index is 12.0. The Labute approximate surface area is 118 Å². The van der Waals surface area contributed by atoms with Crippen LogP contribution in [0.4, 0.5) is 0 Å². The lowest BCUT2D eigenvalue weighted by Gasteiger charge is -2.20. The van der Waals surface area contributed by atoms with Crippen molar-refractivity contribution in [1.29, 1.82) is 0 Å². The molecular formula is C11H18Cl2N2OS. The van der Waals surface area contributed by atoms with Crippen molar-refractivity contribution >= 4 is 41.3 Å². The van der Waals surface area contributed by atoms with E-state index in [2.05, 4.69) is 5.32 Å². The molecule has 1 amide bonds. The van der Waals surface area contributed by atoms with E-state index in [0.29, 0.717) is 0 Å². The Balaban J connectivity index is 0.00000256. The molecule has 98 valence electrons. The molecule has 1 atom stereocenters. The molecule has 17 heavy (non-hydrogen) atoms. The van der Waals surface area contributed by atoms with Crippen LogP contribution in [0, 0.1) is 0 Å². The lowest BCUT2D eigenvalue weighted by molar-refractivity contribution is -0.131. The van der Waals surface area contributed by atoms with Crippen LogP contribution in [0.2, 0.25) is 4.34 Å². The molecule has 1 aromatic rings. The molecule has 0 radical (unpaired) electrons. The maximum Gasteiger partial charge on any atom is 0.230 e. The van der Waals surface area contributed by atoms with Crippen molar-refractivity contribution in [2.75, 3.05) is 27.2 Å². The van der Waals surface area contributed by atoms with Gasteiger partial charge in [-0.05, 0) is 26.1 Å². The van der Waals surface area contributed by atoms with Crippen LogP contribution >= 0.6 is 35.3 Å². The lowest BCUT2D eigenvalue weighted by atomic mass is 10.1. The van der Waals surface area contributed by atoms with Crippen LogP contribution in [0.15, 0.2) is 12.1 Å². The van der Waals surface area contributed by atoms with Crippen LogP contribution in [-0.2, 0) is 4.79 Å². The normalized spacial score (nSPS) is 11.8. The monoisotopic (exact) mass is 296 g/mol. The second-order valence-corrected chi connectivity index (χ2v) is 5.47. The summed E-state index contributed by atoms with van der Waals surface area (Å²) in [6, 6.07) is 3.75. The Bertz CT molecular complexity index is 357. The average molecular weight is 297 g/mol. The molecule has 0 aromatic carbocycles. The number of carbonyl (C=O) groups excluding carboxylic acids is 1. The summed E-state index contributed by atoms with van der Waals surface area (Å²) < 4.78 is 0.729. The van der Waals surface area contributed by atoms with Gasteiger partial charge in [0.25, 0.3) is 0 Å². The molecule has 0 saturated carbocycles. The minimum absolute atomic E-state index is 0. The molecule has 1 unspecified atom stereocenters. The minimum Gasteiger partial charge on any atom is -0.344 e. The summed E-state index contributed by atoms with van der Waals surface area (Å²) in [6.45, 7) is 3.44. The smallest absolute Gasteiger partial charge is 0.230 e. The second kappa shape index (κ2) is 7.93. The molecule has 0 aliphatic carbocycles. The number of halogens is 2. The molecule has 0 aliphatic rings. The predicted octanol–water partition coefficient (Wildman–Crippen LogP) is 2.60. The van der Waals surface area contributed by atoms with Crippen molar-refractivity contribution < 1.29 is 4.79 Å². The van der Waals surface area contributed by atoms with Gasteiger partial charge < -0.3 is 10.2 Å².